The summed E-state index contributed by atoms with van der Waals surface area (Å²) in [5.41, 5.74) is 13.2. The summed E-state index contributed by atoms with van der Waals surface area (Å²) >= 11 is 0. The van der Waals surface area contributed by atoms with E-state index in [2.05, 4.69) is 162 Å². The largest absolute Gasteiger partial charge is 0.310 e. The zero-order chi connectivity index (χ0) is 41.3. The van der Waals surface area contributed by atoms with E-state index in [1.165, 1.54) is 77.2 Å². The van der Waals surface area contributed by atoms with Crippen LogP contribution in [0.25, 0.3) is 77.6 Å². The topological polar surface area (TPSA) is 9.86 Å². The standard InChI is InChI=1S/C46H31FN2.C4H8.C4H6.C2H6.H2S/c47-36-20-23-37(24-21-36)48-43-11-5-3-9-39(43)41-25-18-34(28-45(41)48)31-13-15-32(16-14-31)35-19-26-42-40-10-4-6-12-44(40)49(46(42)29-35)38-22-17-30-7-1-2-8-33(30)27-38;2*1-3-4-2;1-2;/h1-17,19-24,26-29H,18,25H2;3-4H,1-2H3;3-4H,1-2H2;1-2H3;1H2/b;4-3-;;;. The molecule has 7 aromatic carbocycles. The first-order valence-corrected chi connectivity index (χ1v) is 20.6. The highest BCUT2D eigenvalue weighted by atomic mass is 32.1. The van der Waals surface area contributed by atoms with Crippen molar-refractivity contribution in [2.45, 2.75) is 40.5 Å². The van der Waals surface area contributed by atoms with Crippen molar-refractivity contribution in [3.63, 3.8) is 0 Å². The molecular formula is C56H53FN2S. The van der Waals surface area contributed by atoms with Crippen molar-refractivity contribution >= 4 is 68.6 Å². The molecule has 1 aliphatic rings. The second-order valence-electron chi connectivity index (χ2n) is 14.2. The minimum absolute atomic E-state index is 0. The summed E-state index contributed by atoms with van der Waals surface area (Å²) in [6, 6.07) is 55.3. The van der Waals surface area contributed by atoms with Crippen molar-refractivity contribution in [2.24, 2.45) is 0 Å². The molecule has 9 aromatic rings. The number of rotatable bonds is 5. The van der Waals surface area contributed by atoms with Crippen LogP contribution in [0.5, 0.6) is 0 Å². The predicted octanol–water partition coefficient (Wildman–Crippen LogP) is 16.3. The Hall–Kier alpha value is -6.62. The van der Waals surface area contributed by atoms with Crippen molar-refractivity contribution in [3.8, 4) is 22.5 Å². The lowest BCUT2D eigenvalue weighted by Crippen LogP contribution is -2.03. The Balaban J connectivity index is 0.000000501. The van der Waals surface area contributed by atoms with Gasteiger partial charge in [-0.25, -0.2) is 4.39 Å². The summed E-state index contributed by atoms with van der Waals surface area (Å²) in [5.74, 6) is -0.222. The molecule has 0 fully saturated rings. The Kier molecular flexibility index (Phi) is 14.2. The first-order valence-electron chi connectivity index (χ1n) is 20.6. The van der Waals surface area contributed by atoms with Gasteiger partial charge in [-0.05, 0) is 126 Å². The van der Waals surface area contributed by atoms with Crippen molar-refractivity contribution in [2.75, 3.05) is 0 Å². The van der Waals surface area contributed by atoms with Crippen molar-refractivity contribution in [1.82, 2.24) is 9.13 Å². The lowest BCUT2D eigenvalue weighted by Gasteiger charge is -2.17. The number of aryl methyl sites for hydroxylation is 1. The molecule has 0 amide bonds. The molecule has 0 saturated heterocycles. The van der Waals surface area contributed by atoms with Crippen molar-refractivity contribution in [1.29, 1.82) is 0 Å². The van der Waals surface area contributed by atoms with Crippen LogP contribution in [0.2, 0.25) is 0 Å². The molecule has 2 nitrogen and oxygen atoms in total. The summed E-state index contributed by atoms with van der Waals surface area (Å²) in [7, 11) is 0. The quantitative estimate of drug-likeness (QED) is 0.121. The number of para-hydroxylation sites is 2. The normalized spacial score (nSPS) is 11.7. The van der Waals surface area contributed by atoms with Gasteiger partial charge in [0.25, 0.3) is 0 Å². The maximum absolute atomic E-state index is 13.9. The van der Waals surface area contributed by atoms with Gasteiger partial charge in [0.2, 0.25) is 0 Å². The Bertz CT molecular complexity index is 2950. The molecule has 0 radical (unpaired) electrons. The fraction of sp³-hybridized carbons (Fsp3) is 0.107. The molecule has 300 valence electrons. The van der Waals surface area contributed by atoms with Gasteiger partial charge < -0.3 is 9.13 Å². The van der Waals surface area contributed by atoms with E-state index in [1.807, 2.05) is 52.0 Å². The van der Waals surface area contributed by atoms with E-state index in [-0.39, 0.29) is 19.3 Å². The monoisotopic (exact) mass is 804 g/mol. The number of nitrogens with zero attached hydrogens (tertiary/aromatic N) is 2. The second kappa shape index (κ2) is 19.9. The van der Waals surface area contributed by atoms with Crippen LogP contribution in [-0.4, -0.2) is 9.13 Å². The van der Waals surface area contributed by atoms with Crippen molar-refractivity contribution < 1.29 is 4.39 Å². The van der Waals surface area contributed by atoms with Gasteiger partial charge in [0.1, 0.15) is 5.82 Å². The Morgan fingerprint density at radius 1 is 0.500 bits per heavy atom. The predicted molar refractivity (Wildman–Crippen MR) is 266 cm³/mol. The van der Waals surface area contributed by atoms with Gasteiger partial charge in [0.05, 0.1) is 22.2 Å². The zero-order valence-electron chi connectivity index (χ0n) is 35.0. The van der Waals surface area contributed by atoms with E-state index >= 15 is 0 Å². The third-order valence-electron chi connectivity index (χ3n) is 10.8. The van der Waals surface area contributed by atoms with Crippen LogP contribution < -0.4 is 0 Å². The zero-order valence-corrected chi connectivity index (χ0v) is 36.0. The Morgan fingerprint density at radius 3 is 1.72 bits per heavy atom. The Morgan fingerprint density at radius 2 is 1.05 bits per heavy atom. The van der Waals surface area contributed by atoms with E-state index in [0.29, 0.717) is 0 Å². The molecule has 0 aliphatic heterocycles. The second-order valence-corrected chi connectivity index (χ2v) is 14.2. The molecule has 1 aliphatic carbocycles. The van der Waals surface area contributed by atoms with Gasteiger partial charge in [0, 0.05) is 27.5 Å². The highest BCUT2D eigenvalue weighted by molar-refractivity contribution is 7.59. The maximum atomic E-state index is 13.9. The molecule has 0 saturated carbocycles. The van der Waals surface area contributed by atoms with E-state index in [9.17, 15) is 4.39 Å². The molecule has 0 spiro atoms. The molecule has 2 heterocycles. The highest BCUT2D eigenvalue weighted by Crippen LogP contribution is 2.40. The number of allylic oxidation sites excluding steroid dienone is 5. The van der Waals surface area contributed by atoms with Crippen LogP contribution in [0.1, 0.15) is 50.9 Å². The summed E-state index contributed by atoms with van der Waals surface area (Å²) in [6.07, 6.45) is 11.6. The van der Waals surface area contributed by atoms with E-state index in [1.54, 1.807) is 24.3 Å². The van der Waals surface area contributed by atoms with Crippen LogP contribution >= 0.6 is 13.5 Å². The summed E-state index contributed by atoms with van der Waals surface area (Å²) < 4.78 is 18.6. The molecule has 0 atom stereocenters. The lowest BCUT2D eigenvalue weighted by atomic mass is 9.90. The molecular weight excluding hydrogens is 752 g/mol. The number of halogens is 1. The molecule has 60 heavy (non-hydrogen) atoms. The number of fused-ring (bicyclic) bond motifs is 7. The van der Waals surface area contributed by atoms with Gasteiger partial charge >= 0.3 is 0 Å². The molecule has 4 heteroatoms. The highest BCUT2D eigenvalue weighted by Gasteiger charge is 2.22. The molecule has 0 unspecified atom stereocenters. The molecule has 10 rings (SSSR count). The molecule has 0 N–H and O–H groups in total. The van der Waals surface area contributed by atoms with Gasteiger partial charge in [-0.1, -0.05) is 154 Å². The average molecular weight is 805 g/mol. The van der Waals surface area contributed by atoms with Gasteiger partial charge in [0.15, 0.2) is 0 Å². The lowest BCUT2D eigenvalue weighted by molar-refractivity contribution is 0.627. The maximum Gasteiger partial charge on any atom is 0.123 e. The van der Waals surface area contributed by atoms with Gasteiger partial charge in [-0.3, -0.25) is 0 Å². The Labute approximate surface area is 361 Å². The number of hydrogen-bond donors (Lipinski definition) is 0. The summed E-state index contributed by atoms with van der Waals surface area (Å²) in [6.45, 7) is 14.7. The van der Waals surface area contributed by atoms with E-state index in [0.717, 1.165) is 24.0 Å². The van der Waals surface area contributed by atoms with Crippen LogP contribution in [0.15, 0.2) is 195 Å². The van der Waals surface area contributed by atoms with E-state index < -0.39 is 0 Å². The SMILES string of the molecule is C/C=C\C.C=CC=C.CC.Fc1ccc(-n2c3c(c4ccccc42)CCC(c2ccc(-c4ccc5c6ccccc6n(-c6ccc7ccccc7c6)c5c4)cc2)=C3)cc1.S. The number of benzene rings is 7. The summed E-state index contributed by atoms with van der Waals surface area (Å²) in [5, 5.41) is 6.26. The molecule has 2 aromatic heterocycles. The minimum atomic E-state index is -0.222. The fourth-order valence-electron chi connectivity index (χ4n) is 7.95. The smallest absolute Gasteiger partial charge is 0.123 e. The van der Waals surface area contributed by atoms with Crippen LogP contribution in [0.3, 0.4) is 0 Å². The fourth-order valence-corrected chi connectivity index (χ4v) is 7.95. The third-order valence-corrected chi connectivity index (χ3v) is 10.8. The van der Waals surface area contributed by atoms with Crippen molar-refractivity contribution in [3.05, 3.63) is 218 Å². The average Bonchev–Trinajstić information content (AvgIpc) is 3.82. The number of aromatic nitrogens is 2. The van der Waals surface area contributed by atoms with Crippen LogP contribution in [0.4, 0.5) is 4.39 Å². The van der Waals surface area contributed by atoms with E-state index in [4.69, 9.17) is 0 Å². The minimum Gasteiger partial charge on any atom is -0.310 e. The van der Waals surface area contributed by atoms with Crippen LogP contribution in [-0.2, 0) is 6.42 Å². The van der Waals surface area contributed by atoms with Crippen LogP contribution in [0, 0.1) is 5.82 Å². The third kappa shape index (κ3) is 8.57. The number of hydrogen-bond acceptors (Lipinski definition) is 0. The van der Waals surface area contributed by atoms with Gasteiger partial charge in [-0.15, -0.1) is 0 Å². The first kappa shape index (κ1) is 43.0. The van der Waals surface area contributed by atoms with Gasteiger partial charge in [-0.2, -0.15) is 13.5 Å². The summed E-state index contributed by atoms with van der Waals surface area (Å²) in [4.78, 5) is 0. The molecule has 0 bridgehead atoms. The first-order chi connectivity index (χ1) is 29.0.